The third kappa shape index (κ3) is 2.69. The maximum absolute atomic E-state index is 12.4. The van der Waals surface area contributed by atoms with Crippen LogP contribution in [0.4, 0.5) is 0 Å². The van der Waals surface area contributed by atoms with Gasteiger partial charge in [0.05, 0.1) is 0 Å². The van der Waals surface area contributed by atoms with Gasteiger partial charge in [-0.25, -0.2) is 0 Å². The Kier molecular flexibility index (Phi) is 3.76. The van der Waals surface area contributed by atoms with Gasteiger partial charge in [0.15, 0.2) is 0 Å². The average molecular weight is 281 g/mol. The smallest absolute Gasteiger partial charge is 0.139 e. The summed E-state index contributed by atoms with van der Waals surface area (Å²) < 4.78 is 0. The molecule has 1 heterocycles. The lowest BCUT2D eigenvalue weighted by Gasteiger charge is -2.35. The van der Waals surface area contributed by atoms with Crippen LogP contribution >= 0.6 is 0 Å². The summed E-state index contributed by atoms with van der Waals surface area (Å²) in [6.07, 6.45) is 0.495. The van der Waals surface area contributed by atoms with Crippen molar-refractivity contribution in [3.8, 4) is 5.75 Å². The molecular weight excluding hydrogens is 262 g/mol. The predicted octanol–water partition coefficient (Wildman–Crippen LogP) is 3.37. The van der Waals surface area contributed by atoms with Crippen molar-refractivity contribution in [1.82, 2.24) is 5.32 Å². The van der Waals surface area contributed by atoms with Crippen LogP contribution < -0.4 is 5.32 Å². The Hall–Kier alpha value is -2.13. The van der Waals surface area contributed by atoms with Gasteiger partial charge in [0, 0.05) is 30.0 Å². The van der Waals surface area contributed by atoms with Crippen LogP contribution in [0.3, 0.4) is 0 Å². The molecule has 1 fully saturated rings. The highest BCUT2D eigenvalue weighted by molar-refractivity contribution is 5.83. The van der Waals surface area contributed by atoms with E-state index in [4.69, 9.17) is 0 Å². The highest BCUT2D eigenvalue weighted by Gasteiger charge is 2.35. The molecule has 3 heteroatoms. The second kappa shape index (κ2) is 5.70. The third-order valence-electron chi connectivity index (χ3n) is 4.27. The van der Waals surface area contributed by atoms with Crippen LogP contribution in [-0.4, -0.2) is 10.9 Å². The molecule has 2 N–H and O–H groups in total. The maximum Gasteiger partial charge on any atom is 0.139 e. The van der Waals surface area contributed by atoms with E-state index in [0.717, 1.165) is 11.1 Å². The van der Waals surface area contributed by atoms with Crippen LogP contribution in [0.1, 0.15) is 36.6 Å². The fourth-order valence-electron chi connectivity index (χ4n) is 3.00. The first kappa shape index (κ1) is 13.8. The summed E-state index contributed by atoms with van der Waals surface area (Å²) >= 11 is 0. The van der Waals surface area contributed by atoms with Crippen molar-refractivity contribution in [3.63, 3.8) is 0 Å². The molecule has 0 spiro atoms. The van der Waals surface area contributed by atoms with Crippen LogP contribution in [0.25, 0.3) is 0 Å². The Morgan fingerprint density at radius 2 is 1.71 bits per heavy atom. The minimum absolute atomic E-state index is 0.000457. The third-order valence-corrected chi connectivity index (χ3v) is 4.27. The van der Waals surface area contributed by atoms with E-state index in [-0.39, 0.29) is 29.5 Å². The van der Waals surface area contributed by atoms with Crippen molar-refractivity contribution in [3.05, 3.63) is 65.7 Å². The van der Waals surface area contributed by atoms with E-state index in [0.29, 0.717) is 6.42 Å². The number of rotatable bonds is 2. The number of carbonyl (C=O) groups is 1. The zero-order valence-electron chi connectivity index (χ0n) is 12.0. The summed E-state index contributed by atoms with van der Waals surface area (Å²) in [7, 11) is 0. The molecule has 3 rings (SSSR count). The van der Waals surface area contributed by atoms with Gasteiger partial charge in [-0.05, 0) is 11.6 Å². The summed E-state index contributed by atoms with van der Waals surface area (Å²) in [5.41, 5.74) is 1.90. The number of benzene rings is 2. The Morgan fingerprint density at radius 3 is 2.43 bits per heavy atom. The lowest BCUT2D eigenvalue weighted by molar-refractivity contribution is -0.126. The van der Waals surface area contributed by atoms with E-state index in [1.165, 1.54) is 0 Å². The van der Waals surface area contributed by atoms with Crippen LogP contribution in [0.15, 0.2) is 54.6 Å². The SMILES string of the molecule is CC1C(=O)CC(c2ccccc2)NC1c1ccccc1O. The Balaban J connectivity index is 1.93. The van der Waals surface area contributed by atoms with Gasteiger partial charge < -0.3 is 10.4 Å². The van der Waals surface area contributed by atoms with Crippen molar-refractivity contribution < 1.29 is 9.90 Å². The lowest BCUT2D eigenvalue weighted by Crippen LogP contribution is -2.41. The number of phenols is 1. The second-order valence-corrected chi connectivity index (χ2v) is 5.63. The normalized spacial score (nSPS) is 25.8. The van der Waals surface area contributed by atoms with E-state index in [1.807, 2.05) is 49.4 Å². The molecule has 2 aromatic carbocycles. The van der Waals surface area contributed by atoms with Gasteiger partial charge in [-0.1, -0.05) is 55.5 Å². The summed E-state index contributed by atoms with van der Waals surface area (Å²) in [5, 5.41) is 13.6. The van der Waals surface area contributed by atoms with E-state index in [9.17, 15) is 9.90 Å². The topological polar surface area (TPSA) is 49.3 Å². The van der Waals surface area contributed by atoms with Crippen LogP contribution in [0.5, 0.6) is 5.75 Å². The number of aromatic hydroxyl groups is 1. The molecule has 3 atom stereocenters. The molecule has 108 valence electrons. The fourth-order valence-corrected chi connectivity index (χ4v) is 3.00. The monoisotopic (exact) mass is 281 g/mol. The zero-order chi connectivity index (χ0) is 14.8. The quantitative estimate of drug-likeness (QED) is 0.887. The number of ketones is 1. The molecule has 1 saturated heterocycles. The van der Waals surface area contributed by atoms with Gasteiger partial charge in [0.1, 0.15) is 11.5 Å². The zero-order valence-corrected chi connectivity index (χ0v) is 12.0. The molecule has 2 aromatic rings. The largest absolute Gasteiger partial charge is 0.508 e. The van der Waals surface area contributed by atoms with Crippen molar-refractivity contribution in [2.24, 2.45) is 5.92 Å². The summed E-state index contributed by atoms with van der Waals surface area (Å²) in [6, 6.07) is 17.1. The molecule has 21 heavy (non-hydrogen) atoms. The summed E-state index contributed by atoms with van der Waals surface area (Å²) in [4.78, 5) is 12.4. The van der Waals surface area contributed by atoms with Crippen molar-refractivity contribution >= 4 is 5.78 Å². The molecule has 0 amide bonds. The highest BCUT2D eigenvalue weighted by Crippen LogP contribution is 2.37. The number of hydrogen-bond acceptors (Lipinski definition) is 3. The fraction of sp³-hybridized carbons (Fsp3) is 0.278. The number of para-hydroxylation sites is 1. The Bertz CT molecular complexity index is 639. The van der Waals surface area contributed by atoms with E-state index in [2.05, 4.69) is 5.32 Å². The van der Waals surface area contributed by atoms with Crippen molar-refractivity contribution in [2.45, 2.75) is 25.4 Å². The van der Waals surface area contributed by atoms with Gasteiger partial charge in [-0.2, -0.15) is 0 Å². The number of piperidine rings is 1. The van der Waals surface area contributed by atoms with Crippen LogP contribution in [0.2, 0.25) is 0 Å². The number of hydrogen-bond donors (Lipinski definition) is 2. The molecule has 0 aromatic heterocycles. The number of Topliss-reactive ketones (excluding diaryl/α,β-unsaturated/α-hetero) is 1. The van der Waals surface area contributed by atoms with E-state index in [1.54, 1.807) is 12.1 Å². The predicted molar refractivity (Wildman–Crippen MR) is 82.0 cm³/mol. The first-order chi connectivity index (χ1) is 10.2. The van der Waals surface area contributed by atoms with E-state index >= 15 is 0 Å². The highest BCUT2D eigenvalue weighted by atomic mass is 16.3. The maximum atomic E-state index is 12.4. The number of phenolic OH excluding ortho intramolecular Hbond substituents is 1. The van der Waals surface area contributed by atoms with E-state index < -0.39 is 0 Å². The first-order valence-corrected chi connectivity index (χ1v) is 7.28. The molecule has 0 bridgehead atoms. The molecule has 0 radical (unpaired) electrons. The van der Waals surface area contributed by atoms with Crippen molar-refractivity contribution in [2.75, 3.05) is 0 Å². The minimum Gasteiger partial charge on any atom is -0.508 e. The summed E-state index contributed by atoms with van der Waals surface area (Å²) in [6.45, 7) is 1.92. The summed E-state index contributed by atoms with van der Waals surface area (Å²) in [5.74, 6) is 0.331. The molecule has 1 aliphatic heterocycles. The molecule has 3 unspecified atom stereocenters. The first-order valence-electron chi connectivity index (χ1n) is 7.28. The van der Waals surface area contributed by atoms with Crippen molar-refractivity contribution in [1.29, 1.82) is 0 Å². The molecule has 0 aliphatic carbocycles. The number of nitrogens with one attached hydrogen (secondary N) is 1. The number of carbonyl (C=O) groups excluding carboxylic acids is 1. The molecule has 1 aliphatic rings. The lowest BCUT2D eigenvalue weighted by atomic mass is 9.82. The average Bonchev–Trinajstić information content (AvgIpc) is 2.51. The molecule has 3 nitrogen and oxygen atoms in total. The minimum atomic E-state index is -0.155. The van der Waals surface area contributed by atoms with Gasteiger partial charge in [0.25, 0.3) is 0 Å². The van der Waals surface area contributed by atoms with Gasteiger partial charge in [-0.3, -0.25) is 4.79 Å². The standard InChI is InChI=1S/C18H19NO2/c1-12-17(21)11-15(13-7-3-2-4-8-13)19-18(12)14-9-5-6-10-16(14)20/h2-10,12,15,18-20H,11H2,1H3. The molecule has 0 saturated carbocycles. The van der Waals surface area contributed by atoms with Gasteiger partial charge in [0.2, 0.25) is 0 Å². The second-order valence-electron chi connectivity index (χ2n) is 5.63. The Morgan fingerprint density at radius 1 is 1.05 bits per heavy atom. The molecular formula is C18H19NO2. The van der Waals surface area contributed by atoms with Gasteiger partial charge >= 0.3 is 0 Å². The Labute approximate surface area is 124 Å². The van der Waals surface area contributed by atoms with Crippen LogP contribution in [0, 0.1) is 5.92 Å². The van der Waals surface area contributed by atoms with Crippen LogP contribution in [-0.2, 0) is 4.79 Å². The van der Waals surface area contributed by atoms with Gasteiger partial charge in [-0.15, -0.1) is 0 Å².